The van der Waals surface area contributed by atoms with Crippen LogP contribution in [0.3, 0.4) is 0 Å². The molecular weight excluding hydrogens is 448 g/mol. The Labute approximate surface area is 221 Å². The molecule has 204 valence electrons. The van der Waals surface area contributed by atoms with Crippen molar-refractivity contribution >= 4 is 12.4 Å². The molecule has 0 bridgehead atoms. The molecule has 0 aromatic carbocycles. The number of nitrogens with zero attached hydrogens (tertiary/aromatic N) is 3. The standard InChI is InChI=1S/C30H52N4O2/c1-8-12-13-16-21-32-30(36)26(6)33-28(18-10-3)27(17-9-2)25(5)19-14-15-20-29(31-7)34(22-11-4)23-24-35/h14-15,17-18,20,30,32,35-36H,5,7-13,16,19,21-24H2,1-4,6H3/b15-14+,27-17-,28-18+,29-20+,33-26?. The van der Waals surface area contributed by atoms with Crippen LogP contribution in [0.2, 0.25) is 0 Å². The van der Waals surface area contributed by atoms with Crippen molar-refractivity contribution in [1.29, 1.82) is 0 Å². The van der Waals surface area contributed by atoms with Gasteiger partial charge in [0.1, 0.15) is 12.0 Å². The number of unbranched alkanes of at least 4 members (excludes halogenated alkanes) is 3. The summed E-state index contributed by atoms with van der Waals surface area (Å²) < 4.78 is 0. The van der Waals surface area contributed by atoms with Crippen molar-refractivity contribution in [3.8, 4) is 0 Å². The highest BCUT2D eigenvalue weighted by Gasteiger charge is 2.12. The Morgan fingerprint density at radius 2 is 1.75 bits per heavy atom. The highest BCUT2D eigenvalue weighted by molar-refractivity contribution is 5.87. The van der Waals surface area contributed by atoms with Crippen molar-refractivity contribution < 1.29 is 10.2 Å². The lowest BCUT2D eigenvalue weighted by molar-refractivity contribution is 0.201. The zero-order chi connectivity index (χ0) is 27.2. The predicted octanol–water partition coefficient (Wildman–Crippen LogP) is 6.31. The van der Waals surface area contributed by atoms with Crippen LogP contribution in [0.5, 0.6) is 0 Å². The van der Waals surface area contributed by atoms with Crippen molar-refractivity contribution in [3.63, 3.8) is 0 Å². The molecular formula is C30H52N4O2. The fourth-order valence-electron chi connectivity index (χ4n) is 3.70. The quantitative estimate of drug-likeness (QED) is 0.0746. The molecule has 6 nitrogen and oxygen atoms in total. The maximum atomic E-state index is 10.5. The third-order valence-corrected chi connectivity index (χ3v) is 5.62. The summed E-state index contributed by atoms with van der Waals surface area (Å²) in [5, 5.41) is 23.1. The normalized spacial score (nSPS) is 14.4. The lowest BCUT2D eigenvalue weighted by Crippen LogP contribution is -2.35. The van der Waals surface area contributed by atoms with E-state index in [1.165, 1.54) is 19.3 Å². The molecule has 1 atom stereocenters. The second-order valence-electron chi connectivity index (χ2n) is 8.82. The van der Waals surface area contributed by atoms with Crippen molar-refractivity contribution in [1.82, 2.24) is 10.2 Å². The van der Waals surface area contributed by atoms with Crippen LogP contribution in [0.25, 0.3) is 0 Å². The molecule has 0 heterocycles. The van der Waals surface area contributed by atoms with E-state index in [0.717, 1.165) is 61.4 Å². The molecule has 0 rings (SSSR count). The first-order valence-electron chi connectivity index (χ1n) is 13.6. The van der Waals surface area contributed by atoms with Gasteiger partial charge >= 0.3 is 0 Å². The number of aliphatic hydroxyl groups excluding tert-OH is 2. The summed E-state index contributed by atoms with van der Waals surface area (Å²) in [7, 11) is 0. The second kappa shape index (κ2) is 22.0. The van der Waals surface area contributed by atoms with E-state index in [2.05, 4.69) is 63.5 Å². The van der Waals surface area contributed by atoms with E-state index in [1.807, 2.05) is 30.1 Å². The molecule has 0 saturated carbocycles. The molecule has 6 heteroatoms. The molecule has 0 fully saturated rings. The van der Waals surface area contributed by atoms with Crippen molar-refractivity contribution in [2.24, 2.45) is 9.98 Å². The highest BCUT2D eigenvalue weighted by atomic mass is 16.3. The SMILES string of the molecule is C=N/C(=C\C=C\CC(=C)C(=C/CC)/C(=C\CC)N=C(C)C(O)NCCCCCC)N(CCC)CCO. The van der Waals surface area contributed by atoms with Gasteiger partial charge in [-0.25, -0.2) is 4.99 Å². The Bertz CT molecular complexity index is 772. The van der Waals surface area contributed by atoms with Gasteiger partial charge in [-0.3, -0.25) is 10.3 Å². The largest absolute Gasteiger partial charge is 0.395 e. The molecule has 0 aliphatic rings. The number of aliphatic imine (C=N–C) groups is 2. The van der Waals surface area contributed by atoms with Gasteiger partial charge in [-0.15, -0.1) is 0 Å². The summed E-state index contributed by atoms with van der Waals surface area (Å²) >= 11 is 0. The fourth-order valence-corrected chi connectivity index (χ4v) is 3.70. The van der Waals surface area contributed by atoms with E-state index in [1.54, 1.807) is 0 Å². The summed E-state index contributed by atoms with van der Waals surface area (Å²) in [5.74, 6) is 0.750. The minimum atomic E-state index is -0.761. The molecule has 1 unspecified atom stereocenters. The van der Waals surface area contributed by atoms with Gasteiger partial charge in [0.2, 0.25) is 0 Å². The van der Waals surface area contributed by atoms with Crippen LogP contribution in [0, 0.1) is 0 Å². The number of rotatable bonds is 21. The number of nitrogens with one attached hydrogen (secondary N) is 1. The van der Waals surface area contributed by atoms with Crippen LogP contribution >= 0.6 is 0 Å². The number of hydrogen-bond acceptors (Lipinski definition) is 6. The van der Waals surface area contributed by atoms with Crippen LogP contribution in [0.15, 0.2) is 69.6 Å². The van der Waals surface area contributed by atoms with Crippen LogP contribution in [-0.4, -0.2) is 60.0 Å². The summed E-state index contributed by atoms with van der Waals surface area (Å²) in [5.41, 5.74) is 3.48. The zero-order valence-electron chi connectivity index (χ0n) is 23.6. The molecule has 0 aromatic rings. The van der Waals surface area contributed by atoms with Crippen molar-refractivity contribution in [3.05, 3.63) is 59.6 Å². The van der Waals surface area contributed by atoms with Gasteiger partial charge in [0.15, 0.2) is 0 Å². The van der Waals surface area contributed by atoms with Gasteiger partial charge in [-0.05, 0) is 69.5 Å². The van der Waals surface area contributed by atoms with E-state index < -0.39 is 6.23 Å². The Morgan fingerprint density at radius 3 is 2.33 bits per heavy atom. The third-order valence-electron chi connectivity index (χ3n) is 5.62. The average Bonchev–Trinajstić information content (AvgIpc) is 2.86. The minimum absolute atomic E-state index is 0.0775. The molecule has 0 aliphatic carbocycles. The Balaban J connectivity index is 5.45. The number of hydrogen-bond donors (Lipinski definition) is 3. The summed E-state index contributed by atoms with van der Waals surface area (Å²) in [6.07, 6.45) is 17.4. The molecule has 0 aliphatic heterocycles. The van der Waals surface area contributed by atoms with Gasteiger partial charge in [-0.2, -0.15) is 0 Å². The number of allylic oxidation sites excluding steroid dienone is 6. The van der Waals surface area contributed by atoms with Crippen LogP contribution in [0.4, 0.5) is 0 Å². The first-order valence-corrected chi connectivity index (χ1v) is 13.6. The lowest BCUT2D eigenvalue weighted by atomic mass is 9.99. The van der Waals surface area contributed by atoms with Gasteiger partial charge in [0.05, 0.1) is 18.0 Å². The maximum absolute atomic E-state index is 10.5. The molecule has 36 heavy (non-hydrogen) atoms. The minimum Gasteiger partial charge on any atom is -0.395 e. The first kappa shape index (κ1) is 33.7. The monoisotopic (exact) mass is 500 g/mol. The summed E-state index contributed by atoms with van der Waals surface area (Å²) in [6, 6.07) is 0. The topological polar surface area (TPSA) is 80.5 Å². The molecule has 3 N–H and O–H groups in total. The number of aliphatic hydroxyl groups is 2. The van der Waals surface area contributed by atoms with Gasteiger partial charge in [0.25, 0.3) is 0 Å². The van der Waals surface area contributed by atoms with E-state index in [-0.39, 0.29) is 6.61 Å². The highest BCUT2D eigenvalue weighted by Crippen LogP contribution is 2.24. The lowest BCUT2D eigenvalue weighted by Gasteiger charge is -2.22. The Kier molecular flexibility index (Phi) is 20.6. The summed E-state index contributed by atoms with van der Waals surface area (Å²) in [6.45, 7) is 20.6. The van der Waals surface area contributed by atoms with Gasteiger partial charge in [-0.1, -0.05) is 77.8 Å². The maximum Gasteiger partial charge on any atom is 0.143 e. The van der Waals surface area contributed by atoms with Gasteiger partial charge < -0.3 is 15.1 Å². The third kappa shape index (κ3) is 14.3. The molecule has 0 saturated heterocycles. The van der Waals surface area contributed by atoms with Crippen LogP contribution in [-0.2, 0) is 0 Å². The van der Waals surface area contributed by atoms with E-state index in [9.17, 15) is 10.2 Å². The van der Waals surface area contributed by atoms with Crippen molar-refractivity contribution in [2.75, 3.05) is 26.2 Å². The van der Waals surface area contributed by atoms with E-state index in [4.69, 9.17) is 4.99 Å². The zero-order valence-corrected chi connectivity index (χ0v) is 23.6. The van der Waals surface area contributed by atoms with Crippen molar-refractivity contribution in [2.45, 2.75) is 92.2 Å². The average molecular weight is 501 g/mol. The first-order chi connectivity index (χ1) is 17.4. The molecule has 0 radical (unpaired) electrons. The van der Waals surface area contributed by atoms with Gasteiger partial charge in [0, 0.05) is 13.1 Å². The molecule has 0 amide bonds. The molecule has 0 aromatic heterocycles. The van der Waals surface area contributed by atoms with E-state index in [0.29, 0.717) is 18.7 Å². The summed E-state index contributed by atoms with van der Waals surface area (Å²) in [4.78, 5) is 11.0. The van der Waals surface area contributed by atoms with Crippen LogP contribution < -0.4 is 5.32 Å². The van der Waals surface area contributed by atoms with Crippen LogP contribution in [0.1, 0.15) is 86.0 Å². The predicted molar refractivity (Wildman–Crippen MR) is 157 cm³/mol. The fraction of sp³-hybridized carbons (Fsp3) is 0.600. The smallest absolute Gasteiger partial charge is 0.143 e. The second-order valence-corrected chi connectivity index (χ2v) is 8.82. The molecule has 0 spiro atoms. The Morgan fingerprint density at radius 1 is 1.03 bits per heavy atom. The Hall–Kier alpha value is -2.28. The van der Waals surface area contributed by atoms with E-state index >= 15 is 0 Å².